The minimum absolute atomic E-state index is 0.158. The molecule has 0 unspecified atom stereocenters. The number of aromatic nitrogens is 3. The highest BCUT2D eigenvalue weighted by molar-refractivity contribution is 7.26. The van der Waals surface area contributed by atoms with Gasteiger partial charge in [-0.3, -0.25) is 0 Å². The Morgan fingerprint density at radius 2 is 2.05 bits per heavy atom. The lowest BCUT2D eigenvalue weighted by Crippen LogP contribution is -1.98. The van der Waals surface area contributed by atoms with Crippen molar-refractivity contribution in [2.75, 3.05) is 11.5 Å². The molecule has 7 heteroatoms. The Morgan fingerprint density at radius 1 is 1.19 bits per heavy atom. The number of furan rings is 1. The van der Waals surface area contributed by atoms with E-state index in [9.17, 15) is 0 Å². The third-order valence-electron chi connectivity index (χ3n) is 3.25. The van der Waals surface area contributed by atoms with Crippen molar-refractivity contribution in [1.29, 1.82) is 0 Å². The van der Waals surface area contributed by atoms with Crippen LogP contribution in [0, 0.1) is 6.92 Å². The molecular formula is C14H11N5OS. The van der Waals surface area contributed by atoms with Crippen molar-refractivity contribution in [3.63, 3.8) is 0 Å². The summed E-state index contributed by atoms with van der Waals surface area (Å²) in [6, 6.07) is 5.73. The average Bonchev–Trinajstić information content (AvgIpc) is 3.05. The summed E-state index contributed by atoms with van der Waals surface area (Å²) in [5.74, 6) is 1.30. The van der Waals surface area contributed by atoms with Crippen molar-refractivity contribution in [3.8, 4) is 11.3 Å². The number of hydrogen-bond donors (Lipinski definition) is 2. The van der Waals surface area contributed by atoms with Gasteiger partial charge in [0, 0.05) is 16.6 Å². The van der Waals surface area contributed by atoms with Crippen LogP contribution < -0.4 is 11.5 Å². The second-order valence-electron chi connectivity index (χ2n) is 4.72. The smallest absolute Gasteiger partial charge is 0.222 e. The van der Waals surface area contributed by atoms with Crippen molar-refractivity contribution < 1.29 is 4.42 Å². The Morgan fingerprint density at radius 3 is 2.81 bits per heavy atom. The number of hydrogen-bond acceptors (Lipinski definition) is 7. The molecule has 4 N–H and O–H groups in total. The molecule has 6 nitrogen and oxygen atoms in total. The predicted molar refractivity (Wildman–Crippen MR) is 84.0 cm³/mol. The third kappa shape index (κ3) is 1.74. The Bertz CT molecular complexity index is 974. The lowest BCUT2D eigenvalue weighted by Gasteiger charge is -2.02. The minimum Gasteiger partial charge on any atom is -0.464 e. The van der Waals surface area contributed by atoms with Crippen molar-refractivity contribution in [1.82, 2.24) is 15.0 Å². The number of rotatable bonds is 1. The molecule has 4 aromatic heterocycles. The van der Waals surface area contributed by atoms with E-state index in [1.165, 1.54) is 11.3 Å². The topological polar surface area (TPSA) is 104 Å². The van der Waals surface area contributed by atoms with Crippen molar-refractivity contribution in [2.45, 2.75) is 6.92 Å². The van der Waals surface area contributed by atoms with Gasteiger partial charge in [0.05, 0.1) is 16.5 Å². The number of nitrogens with two attached hydrogens (primary N) is 2. The molecule has 0 radical (unpaired) electrons. The van der Waals surface area contributed by atoms with Crippen molar-refractivity contribution in [3.05, 3.63) is 30.2 Å². The van der Waals surface area contributed by atoms with Crippen molar-refractivity contribution >= 4 is 43.5 Å². The zero-order valence-corrected chi connectivity index (χ0v) is 11.9. The van der Waals surface area contributed by atoms with Crippen LogP contribution >= 0.6 is 11.3 Å². The first kappa shape index (κ1) is 12.1. The van der Waals surface area contributed by atoms with Crippen LogP contribution in [0.2, 0.25) is 0 Å². The van der Waals surface area contributed by atoms with Crippen LogP contribution in [-0.4, -0.2) is 15.0 Å². The number of anilines is 2. The lowest BCUT2D eigenvalue weighted by molar-refractivity contribution is 0.583. The van der Waals surface area contributed by atoms with E-state index in [0.29, 0.717) is 5.82 Å². The fraction of sp³-hybridized carbons (Fsp3) is 0.0714. The van der Waals surface area contributed by atoms with Crippen LogP contribution in [0.25, 0.3) is 31.8 Å². The largest absolute Gasteiger partial charge is 0.464 e. The van der Waals surface area contributed by atoms with E-state index in [0.717, 1.165) is 37.5 Å². The summed E-state index contributed by atoms with van der Waals surface area (Å²) in [5.41, 5.74) is 14.2. The number of thiophene rings is 1. The maximum absolute atomic E-state index is 5.96. The molecule has 104 valence electrons. The zero-order valence-electron chi connectivity index (χ0n) is 11.1. The van der Waals surface area contributed by atoms with E-state index in [-0.39, 0.29) is 5.95 Å². The number of nitrogens with zero attached hydrogens (tertiary/aromatic N) is 3. The van der Waals surface area contributed by atoms with Gasteiger partial charge >= 0.3 is 0 Å². The quantitative estimate of drug-likeness (QED) is 0.559. The van der Waals surface area contributed by atoms with Crippen LogP contribution in [0.1, 0.15) is 5.69 Å². The van der Waals surface area contributed by atoms with Crippen LogP contribution in [0.15, 0.2) is 28.9 Å². The van der Waals surface area contributed by atoms with Gasteiger partial charge in [-0.1, -0.05) is 0 Å². The maximum Gasteiger partial charge on any atom is 0.222 e. The molecule has 0 saturated carbocycles. The van der Waals surface area contributed by atoms with Crippen LogP contribution in [0.5, 0.6) is 0 Å². The maximum atomic E-state index is 5.96. The van der Waals surface area contributed by atoms with Crippen molar-refractivity contribution in [2.24, 2.45) is 0 Å². The summed E-state index contributed by atoms with van der Waals surface area (Å²) in [5, 5.41) is 0.899. The summed E-state index contributed by atoms with van der Waals surface area (Å²) in [4.78, 5) is 13.8. The Kier molecular flexibility index (Phi) is 2.40. The predicted octanol–water partition coefficient (Wildman–Crippen LogP) is 2.97. The summed E-state index contributed by atoms with van der Waals surface area (Å²) < 4.78 is 6.33. The summed E-state index contributed by atoms with van der Waals surface area (Å²) in [7, 11) is 0. The molecule has 0 bridgehead atoms. The van der Waals surface area contributed by atoms with Gasteiger partial charge in [-0.25, -0.2) is 9.97 Å². The number of aryl methyl sites for hydroxylation is 1. The molecule has 0 atom stereocenters. The summed E-state index contributed by atoms with van der Waals surface area (Å²) in [6.45, 7) is 1.94. The molecule has 21 heavy (non-hydrogen) atoms. The lowest BCUT2D eigenvalue weighted by atomic mass is 10.1. The summed E-state index contributed by atoms with van der Waals surface area (Å²) in [6.07, 6.45) is 1.64. The fourth-order valence-electron chi connectivity index (χ4n) is 2.43. The zero-order chi connectivity index (χ0) is 14.6. The highest BCUT2D eigenvalue weighted by Gasteiger charge is 2.18. The van der Waals surface area contributed by atoms with Gasteiger partial charge in [0.15, 0.2) is 0 Å². The molecule has 4 aromatic rings. The van der Waals surface area contributed by atoms with E-state index in [4.69, 9.17) is 15.9 Å². The normalized spacial score (nSPS) is 11.5. The van der Waals surface area contributed by atoms with E-state index in [1.54, 1.807) is 6.26 Å². The Balaban J connectivity index is 2.23. The second-order valence-corrected chi connectivity index (χ2v) is 5.71. The minimum atomic E-state index is 0.158. The van der Waals surface area contributed by atoms with Crippen LogP contribution in [0.4, 0.5) is 11.8 Å². The van der Waals surface area contributed by atoms with Gasteiger partial charge in [0.25, 0.3) is 0 Å². The standard InChI is InChI=1S/C14H11N5OS/c1-6-5-7(8-3-2-4-20-8)9-10-11(21-13(9)17-6)12(15)19-14(16)18-10/h2-5H,1H3,(H4,15,16,18,19). The molecule has 0 saturated heterocycles. The Labute approximate surface area is 123 Å². The van der Waals surface area contributed by atoms with Gasteiger partial charge < -0.3 is 15.9 Å². The Hall–Kier alpha value is -2.67. The highest BCUT2D eigenvalue weighted by Crippen LogP contribution is 2.40. The average molecular weight is 297 g/mol. The van der Waals surface area contributed by atoms with Gasteiger partial charge in [-0.15, -0.1) is 11.3 Å². The molecular weight excluding hydrogens is 286 g/mol. The van der Waals surface area contributed by atoms with E-state index >= 15 is 0 Å². The van der Waals surface area contributed by atoms with Gasteiger partial charge in [-0.05, 0) is 25.1 Å². The number of fused-ring (bicyclic) bond motifs is 3. The molecule has 0 aliphatic rings. The van der Waals surface area contributed by atoms with Gasteiger partial charge in [0.1, 0.15) is 16.4 Å². The molecule has 4 rings (SSSR count). The molecule has 0 aliphatic heterocycles. The molecule has 0 aliphatic carbocycles. The molecule has 0 amide bonds. The van der Waals surface area contributed by atoms with E-state index < -0.39 is 0 Å². The molecule has 0 spiro atoms. The van der Waals surface area contributed by atoms with E-state index in [2.05, 4.69) is 15.0 Å². The number of pyridine rings is 1. The van der Waals surface area contributed by atoms with Crippen LogP contribution in [0.3, 0.4) is 0 Å². The highest BCUT2D eigenvalue weighted by atomic mass is 32.1. The molecule has 0 aromatic carbocycles. The van der Waals surface area contributed by atoms with Crippen LogP contribution in [-0.2, 0) is 0 Å². The first-order chi connectivity index (χ1) is 10.1. The first-order valence-corrected chi connectivity index (χ1v) is 7.12. The second kappa shape index (κ2) is 4.16. The summed E-state index contributed by atoms with van der Waals surface area (Å²) >= 11 is 1.46. The van der Waals surface area contributed by atoms with Gasteiger partial charge in [-0.2, -0.15) is 4.98 Å². The van der Waals surface area contributed by atoms with E-state index in [1.807, 2.05) is 25.1 Å². The number of nitrogen functional groups attached to an aromatic ring is 2. The van der Waals surface area contributed by atoms with Gasteiger partial charge in [0.2, 0.25) is 5.95 Å². The first-order valence-electron chi connectivity index (χ1n) is 6.30. The molecule has 0 fully saturated rings. The third-order valence-corrected chi connectivity index (χ3v) is 4.34. The fourth-order valence-corrected chi connectivity index (χ4v) is 3.51. The SMILES string of the molecule is Cc1cc(-c2ccco2)c2c(n1)sc1c(N)nc(N)nc12. The molecule has 4 heterocycles. The monoisotopic (exact) mass is 297 g/mol.